The third-order valence-electron chi connectivity index (χ3n) is 1.07. The average molecular weight is 204 g/mol. The molecule has 0 radical (unpaired) electrons. The van der Waals surface area contributed by atoms with E-state index in [0.29, 0.717) is 0 Å². The van der Waals surface area contributed by atoms with E-state index < -0.39 is 14.3 Å². The van der Waals surface area contributed by atoms with Gasteiger partial charge in [0.05, 0.1) is 0 Å². The number of benzene rings is 1. The minimum atomic E-state index is -5.10. The molecule has 0 fully saturated rings. The third kappa shape index (κ3) is 1.72. The molecule has 0 bridgehead atoms. The fraction of sp³-hybridized carbons (Fsp3) is 0. The molecule has 1 aromatic rings. The Morgan fingerprint density at radius 2 is 1.80 bits per heavy atom. The van der Waals surface area contributed by atoms with Crippen molar-refractivity contribution in [2.24, 2.45) is 0 Å². The summed E-state index contributed by atoms with van der Waals surface area (Å²) in [6, 6.07) is 7.33. The molecule has 1 unspecified atom stereocenters. The van der Waals surface area contributed by atoms with E-state index in [1.807, 2.05) is 0 Å². The Morgan fingerprint density at radius 3 is 2.10 bits per heavy atom. The third-order valence-corrected chi connectivity index (χ3v) is 3.04. The van der Waals surface area contributed by atoms with Crippen molar-refractivity contribution in [2.45, 2.75) is 0 Å². The van der Waals surface area contributed by atoms with E-state index in [1.165, 1.54) is 24.3 Å². The van der Waals surface area contributed by atoms with Gasteiger partial charge in [0.2, 0.25) is 0 Å². The summed E-state index contributed by atoms with van der Waals surface area (Å²) < 4.78 is 31.0. The van der Waals surface area contributed by atoms with Gasteiger partial charge in [0, 0.05) is 0 Å². The maximum atomic E-state index is 12.3. The van der Waals surface area contributed by atoms with Gasteiger partial charge in [-0.05, 0) is 0 Å². The fourth-order valence-corrected chi connectivity index (χ4v) is 1.74. The molecule has 0 spiro atoms. The molecule has 2 nitrogen and oxygen atoms in total. The molecule has 0 aliphatic carbocycles. The van der Waals surface area contributed by atoms with E-state index in [1.54, 1.807) is 6.07 Å². The van der Waals surface area contributed by atoms with Crippen LogP contribution in [0, 0.1) is 0 Å². The van der Waals surface area contributed by atoms with Crippen LogP contribution in [0.2, 0.25) is 0 Å². The predicted molar refractivity (Wildman–Crippen MR) is 35.8 cm³/mol. The van der Waals surface area contributed by atoms with Crippen LogP contribution >= 0.6 is 0 Å². The van der Waals surface area contributed by atoms with E-state index >= 15 is 0 Å². The Bertz CT molecular complexity index is 254. The normalized spacial score (nSPS) is 16.2. The Morgan fingerprint density at radius 1 is 1.30 bits per heavy atom. The quantitative estimate of drug-likeness (QED) is 0.664. The summed E-state index contributed by atoms with van der Waals surface area (Å²) in [5.41, 5.74) is 0. The number of halogens is 1. The molecule has 0 amide bonds. The average Bonchev–Trinajstić information content (AvgIpc) is 1.88. The van der Waals surface area contributed by atoms with Gasteiger partial charge >= 0.3 is 60.3 Å². The van der Waals surface area contributed by atoms with Crippen LogP contribution in [-0.4, -0.2) is 18.4 Å². The summed E-state index contributed by atoms with van der Waals surface area (Å²) >= 11 is -5.10. The fourth-order valence-electron chi connectivity index (χ4n) is 0.612. The molecule has 1 rings (SSSR count). The Hall–Kier alpha value is -0.532. The summed E-state index contributed by atoms with van der Waals surface area (Å²) in [6.07, 6.45) is 0. The molecule has 0 aromatic heterocycles. The molecule has 0 aliphatic rings. The van der Waals surface area contributed by atoms with Crippen molar-refractivity contribution in [3.8, 4) is 0 Å². The van der Waals surface area contributed by atoms with Crippen molar-refractivity contribution in [1.82, 2.24) is 0 Å². The first kappa shape index (κ1) is 7.57. The van der Waals surface area contributed by atoms with Crippen LogP contribution in [0.5, 0.6) is 0 Å². The van der Waals surface area contributed by atoms with Crippen molar-refractivity contribution in [3.63, 3.8) is 0 Å². The molecule has 0 heterocycles. The first-order chi connectivity index (χ1) is 4.61. The summed E-state index contributed by atoms with van der Waals surface area (Å²) in [5, 5.41) is 0. The summed E-state index contributed by atoms with van der Waals surface area (Å²) in [5.74, 6) is 0. The maximum absolute atomic E-state index is 12.3. The van der Waals surface area contributed by atoms with Crippen molar-refractivity contribution in [1.29, 1.82) is 0 Å². The number of hydrogen-bond donors (Lipinski definition) is 1. The molecular weight excluding hydrogens is 198 g/mol. The number of rotatable bonds is 1. The molecule has 1 aromatic carbocycles. The SMILES string of the molecule is O=[As](O)(F)c1ccccc1. The van der Waals surface area contributed by atoms with Crippen LogP contribution in [0.3, 0.4) is 0 Å². The molecular formula is C6H6AsFO2. The molecule has 4 heteroatoms. The monoisotopic (exact) mass is 204 g/mol. The summed E-state index contributed by atoms with van der Waals surface area (Å²) in [6.45, 7) is 0. The molecule has 0 saturated heterocycles. The van der Waals surface area contributed by atoms with Gasteiger partial charge in [0.1, 0.15) is 0 Å². The van der Waals surface area contributed by atoms with E-state index in [2.05, 4.69) is 0 Å². The van der Waals surface area contributed by atoms with E-state index in [9.17, 15) is 7.21 Å². The first-order valence-electron chi connectivity index (χ1n) is 2.69. The number of hydrogen-bond acceptors (Lipinski definition) is 1. The van der Waals surface area contributed by atoms with Gasteiger partial charge in [-0.25, -0.2) is 0 Å². The standard InChI is InChI=1S/C6H6AsFO2/c8-7(9,10)6-4-2-1-3-5-6/h1-5H,(H,9,10). The topological polar surface area (TPSA) is 37.3 Å². The van der Waals surface area contributed by atoms with Gasteiger partial charge in [-0.3, -0.25) is 0 Å². The van der Waals surface area contributed by atoms with E-state index in [4.69, 9.17) is 4.10 Å². The molecule has 10 heavy (non-hydrogen) atoms. The van der Waals surface area contributed by atoms with E-state index in [-0.39, 0.29) is 4.35 Å². The molecule has 1 atom stereocenters. The zero-order valence-electron chi connectivity index (χ0n) is 5.07. The first-order valence-corrected chi connectivity index (χ1v) is 5.94. The van der Waals surface area contributed by atoms with Crippen LogP contribution < -0.4 is 4.35 Å². The van der Waals surface area contributed by atoms with Gasteiger partial charge in [0.15, 0.2) is 0 Å². The van der Waals surface area contributed by atoms with Crippen LogP contribution in [-0.2, 0) is 3.74 Å². The molecule has 0 aliphatic heterocycles. The van der Waals surface area contributed by atoms with Crippen LogP contribution in [0.1, 0.15) is 0 Å². The van der Waals surface area contributed by atoms with Gasteiger partial charge < -0.3 is 0 Å². The Labute approximate surface area is 60.8 Å². The Balaban J connectivity index is 3.09. The summed E-state index contributed by atoms with van der Waals surface area (Å²) in [4.78, 5) is 0. The zero-order valence-corrected chi connectivity index (χ0v) is 6.94. The van der Waals surface area contributed by atoms with Crippen LogP contribution in [0.4, 0.5) is 3.47 Å². The van der Waals surface area contributed by atoms with Crippen LogP contribution in [0.25, 0.3) is 0 Å². The van der Waals surface area contributed by atoms with Gasteiger partial charge in [-0.1, -0.05) is 0 Å². The molecule has 1 N–H and O–H groups in total. The second kappa shape index (κ2) is 2.60. The van der Waals surface area contributed by atoms with Crippen LogP contribution in [0.15, 0.2) is 30.3 Å². The van der Waals surface area contributed by atoms with Crippen molar-refractivity contribution in [3.05, 3.63) is 30.3 Å². The second-order valence-electron chi connectivity index (χ2n) is 1.84. The second-order valence-corrected chi connectivity index (χ2v) is 5.03. The van der Waals surface area contributed by atoms with Crippen molar-refractivity contribution in [2.75, 3.05) is 0 Å². The van der Waals surface area contributed by atoms with Crippen molar-refractivity contribution >= 4 is 18.7 Å². The minimum absolute atomic E-state index is 0.0966. The van der Waals surface area contributed by atoms with Gasteiger partial charge in [0.25, 0.3) is 0 Å². The van der Waals surface area contributed by atoms with Crippen molar-refractivity contribution < 1.29 is 11.3 Å². The summed E-state index contributed by atoms with van der Waals surface area (Å²) in [7, 11) is 0. The zero-order chi connectivity index (χ0) is 7.61. The van der Waals surface area contributed by atoms with E-state index in [0.717, 1.165) is 0 Å². The Kier molecular flexibility index (Phi) is 1.97. The predicted octanol–water partition coefficient (Wildman–Crippen LogP) is 0.225. The molecule has 54 valence electrons. The van der Waals surface area contributed by atoms with Gasteiger partial charge in [-0.2, -0.15) is 0 Å². The molecule has 0 saturated carbocycles. The van der Waals surface area contributed by atoms with Gasteiger partial charge in [-0.15, -0.1) is 0 Å².